The van der Waals surface area contributed by atoms with Crippen molar-refractivity contribution in [3.8, 4) is 0 Å². The smallest absolute Gasteiger partial charge is 0.0624 e. The molecule has 0 aliphatic heterocycles. The van der Waals surface area contributed by atoms with E-state index < -0.39 is 0 Å². The van der Waals surface area contributed by atoms with Gasteiger partial charge in [0.2, 0.25) is 0 Å². The molecule has 0 aliphatic rings. The van der Waals surface area contributed by atoms with Crippen LogP contribution in [0.1, 0.15) is 37.8 Å². The van der Waals surface area contributed by atoms with Gasteiger partial charge in [-0.15, -0.1) is 0 Å². The lowest BCUT2D eigenvalue weighted by molar-refractivity contribution is 0.835. The van der Waals surface area contributed by atoms with Crippen LogP contribution in [0.2, 0.25) is 5.02 Å². The average Bonchev–Trinajstić information content (AvgIpc) is 2.03. The normalized spacial score (nSPS) is 10.8. The molecule has 0 saturated heterocycles. The first-order valence-corrected chi connectivity index (χ1v) is 4.66. The first kappa shape index (κ1) is 9.53. The third kappa shape index (κ3) is 1.78. The minimum Gasteiger partial charge on any atom is -0.263 e. The highest BCUT2D eigenvalue weighted by Crippen LogP contribution is 2.24. The number of rotatable bonds is 2. The first-order chi connectivity index (χ1) is 5.66. The van der Waals surface area contributed by atoms with Gasteiger partial charge >= 0.3 is 0 Å². The molecule has 1 aromatic rings. The Bertz CT molecular complexity index is 269. The van der Waals surface area contributed by atoms with Crippen LogP contribution in [0, 0.1) is 0 Å². The molecule has 1 rings (SSSR count). The summed E-state index contributed by atoms with van der Waals surface area (Å²) in [5.41, 5.74) is 2.51. The van der Waals surface area contributed by atoms with Gasteiger partial charge in [-0.2, -0.15) is 0 Å². The Hall–Kier alpha value is -0.560. The molecule has 0 atom stereocenters. The molecule has 2 heteroatoms. The molecule has 66 valence electrons. The number of pyridine rings is 1. The molecule has 1 aromatic heterocycles. The van der Waals surface area contributed by atoms with E-state index in [1.807, 2.05) is 6.20 Å². The van der Waals surface area contributed by atoms with Crippen LogP contribution in [0.15, 0.2) is 12.4 Å². The van der Waals surface area contributed by atoms with Crippen LogP contribution < -0.4 is 0 Å². The molecule has 12 heavy (non-hydrogen) atoms. The Balaban J connectivity index is 3.18. The summed E-state index contributed by atoms with van der Waals surface area (Å²) in [6.45, 7) is 6.44. The summed E-state index contributed by atoms with van der Waals surface area (Å²) in [6, 6.07) is 0. The van der Waals surface area contributed by atoms with Crippen LogP contribution in [-0.4, -0.2) is 4.98 Å². The van der Waals surface area contributed by atoms with Crippen molar-refractivity contribution >= 4 is 11.6 Å². The zero-order chi connectivity index (χ0) is 9.14. The molecule has 0 radical (unpaired) electrons. The quantitative estimate of drug-likeness (QED) is 0.685. The number of halogens is 1. The van der Waals surface area contributed by atoms with Gasteiger partial charge in [-0.25, -0.2) is 0 Å². The van der Waals surface area contributed by atoms with Crippen molar-refractivity contribution in [3.63, 3.8) is 0 Å². The molecule has 0 fully saturated rings. The highest BCUT2D eigenvalue weighted by molar-refractivity contribution is 6.31. The van der Waals surface area contributed by atoms with E-state index >= 15 is 0 Å². The van der Waals surface area contributed by atoms with Gasteiger partial charge in [-0.05, 0) is 23.5 Å². The van der Waals surface area contributed by atoms with Gasteiger partial charge in [-0.3, -0.25) is 4.98 Å². The molecule has 0 bridgehead atoms. The van der Waals surface area contributed by atoms with Crippen LogP contribution in [0.4, 0.5) is 0 Å². The second-order valence-electron chi connectivity index (χ2n) is 3.20. The van der Waals surface area contributed by atoms with Crippen molar-refractivity contribution in [2.75, 3.05) is 0 Å². The molecule has 0 spiro atoms. The summed E-state index contributed by atoms with van der Waals surface area (Å²) in [5.74, 6) is 0.506. The van der Waals surface area contributed by atoms with Crippen molar-refractivity contribution in [3.05, 3.63) is 28.5 Å². The predicted molar refractivity (Wildman–Crippen MR) is 52.7 cm³/mol. The van der Waals surface area contributed by atoms with Gasteiger partial charge in [0, 0.05) is 12.4 Å². The number of hydrogen-bond acceptors (Lipinski definition) is 1. The van der Waals surface area contributed by atoms with Crippen LogP contribution >= 0.6 is 11.6 Å². The largest absolute Gasteiger partial charge is 0.263 e. The van der Waals surface area contributed by atoms with E-state index in [1.165, 1.54) is 11.1 Å². The maximum Gasteiger partial charge on any atom is 0.0624 e. The van der Waals surface area contributed by atoms with E-state index in [2.05, 4.69) is 25.8 Å². The summed E-state index contributed by atoms with van der Waals surface area (Å²) in [5, 5.41) is 0.795. The summed E-state index contributed by atoms with van der Waals surface area (Å²) in [7, 11) is 0. The van der Waals surface area contributed by atoms with Crippen molar-refractivity contribution in [2.24, 2.45) is 0 Å². The van der Waals surface area contributed by atoms with E-state index in [0.717, 1.165) is 11.4 Å². The summed E-state index contributed by atoms with van der Waals surface area (Å²) in [4.78, 5) is 4.08. The number of nitrogens with zero attached hydrogens (tertiary/aromatic N) is 1. The fraction of sp³-hybridized carbons (Fsp3) is 0.500. The molecule has 1 nitrogen and oxygen atoms in total. The van der Waals surface area contributed by atoms with Crippen molar-refractivity contribution in [1.82, 2.24) is 4.98 Å². The average molecular weight is 184 g/mol. The van der Waals surface area contributed by atoms with Crippen molar-refractivity contribution in [1.29, 1.82) is 0 Å². The summed E-state index contributed by atoms with van der Waals surface area (Å²) in [6.07, 6.45) is 4.61. The molecular weight excluding hydrogens is 170 g/mol. The predicted octanol–water partition coefficient (Wildman–Crippen LogP) is 3.42. The van der Waals surface area contributed by atoms with E-state index in [-0.39, 0.29) is 0 Å². The Kier molecular flexibility index (Phi) is 3.10. The summed E-state index contributed by atoms with van der Waals surface area (Å²) < 4.78 is 0. The van der Waals surface area contributed by atoms with E-state index in [1.54, 1.807) is 6.20 Å². The fourth-order valence-electron chi connectivity index (χ4n) is 1.35. The lowest BCUT2D eigenvalue weighted by Gasteiger charge is -2.11. The molecule has 1 heterocycles. The Morgan fingerprint density at radius 2 is 2.08 bits per heavy atom. The standard InChI is InChI=1S/C10H14ClN/c1-4-8-9(7(2)3)5-12-6-10(8)11/h5-7H,4H2,1-3H3. The lowest BCUT2D eigenvalue weighted by Crippen LogP contribution is -1.97. The molecular formula is C10H14ClN. The molecule has 0 aromatic carbocycles. The molecule has 0 N–H and O–H groups in total. The van der Waals surface area contributed by atoms with E-state index in [4.69, 9.17) is 11.6 Å². The van der Waals surface area contributed by atoms with Gasteiger partial charge in [0.1, 0.15) is 0 Å². The first-order valence-electron chi connectivity index (χ1n) is 4.29. The Labute approximate surface area is 78.8 Å². The van der Waals surface area contributed by atoms with Crippen LogP contribution in [0.3, 0.4) is 0 Å². The molecule has 0 amide bonds. The van der Waals surface area contributed by atoms with Gasteiger partial charge in [0.05, 0.1) is 5.02 Å². The third-order valence-electron chi connectivity index (χ3n) is 2.01. The fourth-order valence-corrected chi connectivity index (χ4v) is 1.65. The molecule has 0 saturated carbocycles. The SMILES string of the molecule is CCc1c(Cl)cncc1C(C)C. The topological polar surface area (TPSA) is 12.9 Å². The van der Waals surface area contributed by atoms with Gasteiger partial charge in [0.15, 0.2) is 0 Å². The maximum absolute atomic E-state index is 6.01. The van der Waals surface area contributed by atoms with Gasteiger partial charge in [-0.1, -0.05) is 32.4 Å². The highest BCUT2D eigenvalue weighted by Gasteiger charge is 2.08. The van der Waals surface area contributed by atoms with Crippen LogP contribution in [0.5, 0.6) is 0 Å². The second-order valence-corrected chi connectivity index (χ2v) is 3.60. The Morgan fingerprint density at radius 1 is 1.42 bits per heavy atom. The molecule has 0 aliphatic carbocycles. The third-order valence-corrected chi connectivity index (χ3v) is 2.34. The lowest BCUT2D eigenvalue weighted by atomic mass is 9.98. The zero-order valence-corrected chi connectivity index (χ0v) is 8.52. The number of hydrogen-bond donors (Lipinski definition) is 0. The number of aromatic nitrogens is 1. The van der Waals surface area contributed by atoms with Crippen LogP contribution in [0.25, 0.3) is 0 Å². The Morgan fingerprint density at radius 3 is 2.50 bits per heavy atom. The zero-order valence-electron chi connectivity index (χ0n) is 7.76. The maximum atomic E-state index is 6.01. The minimum absolute atomic E-state index is 0.506. The van der Waals surface area contributed by atoms with Crippen molar-refractivity contribution in [2.45, 2.75) is 33.1 Å². The van der Waals surface area contributed by atoms with E-state index in [0.29, 0.717) is 5.92 Å². The second kappa shape index (κ2) is 3.90. The molecule has 0 unspecified atom stereocenters. The monoisotopic (exact) mass is 183 g/mol. The summed E-state index contributed by atoms with van der Waals surface area (Å²) >= 11 is 6.01. The van der Waals surface area contributed by atoms with Gasteiger partial charge in [0.25, 0.3) is 0 Å². The minimum atomic E-state index is 0.506. The van der Waals surface area contributed by atoms with Crippen molar-refractivity contribution < 1.29 is 0 Å². The highest BCUT2D eigenvalue weighted by atomic mass is 35.5. The van der Waals surface area contributed by atoms with Gasteiger partial charge < -0.3 is 0 Å². The van der Waals surface area contributed by atoms with Crippen LogP contribution in [-0.2, 0) is 6.42 Å². The van der Waals surface area contributed by atoms with E-state index in [9.17, 15) is 0 Å².